The van der Waals surface area contributed by atoms with Crippen molar-refractivity contribution in [1.82, 2.24) is 14.8 Å². The molecule has 2 heterocycles. The number of rotatable bonds is 8. The number of methoxy groups -OCH3 is 2. The summed E-state index contributed by atoms with van der Waals surface area (Å²) in [6.07, 6.45) is 4.23. The number of pyridine rings is 1. The smallest absolute Gasteiger partial charge is 0.204 e. The molecule has 0 aliphatic carbocycles. The van der Waals surface area contributed by atoms with Crippen LogP contribution in [0.4, 0.5) is 0 Å². The summed E-state index contributed by atoms with van der Waals surface area (Å²) in [4.78, 5) is 15.8. The molecular formula is C21H23N3O4. The molecular weight excluding hydrogens is 358 g/mol. The highest BCUT2D eigenvalue weighted by molar-refractivity contribution is 5.82. The predicted molar refractivity (Wildman–Crippen MR) is 105 cm³/mol. The van der Waals surface area contributed by atoms with E-state index in [1.807, 2.05) is 22.9 Å². The summed E-state index contributed by atoms with van der Waals surface area (Å²) in [5.74, 6) is 1.21. The molecule has 0 saturated carbocycles. The quantitative estimate of drug-likeness (QED) is 0.550. The molecule has 146 valence electrons. The van der Waals surface area contributed by atoms with Gasteiger partial charge in [-0.1, -0.05) is 6.07 Å². The van der Waals surface area contributed by atoms with Crippen molar-refractivity contribution in [2.24, 2.45) is 0 Å². The molecule has 0 aliphatic heterocycles. The molecule has 0 fully saturated rings. The molecule has 0 amide bonds. The van der Waals surface area contributed by atoms with E-state index >= 15 is 0 Å². The Morgan fingerprint density at radius 3 is 2.54 bits per heavy atom. The summed E-state index contributed by atoms with van der Waals surface area (Å²) in [6, 6.07) is 9.31. The van der Waals surface area contributed by atoms with Crippen LogP contribution in [0.15, 0.2) is 42.7 Å². The van der Waals surface area contributed by atoms with E-state index in [0.717, 1.165) is 23.2 Å². The van der Waals surface area contributed by atoms with Gasteiger partial charge in [-0.25, -0.2) is 0 Å². The van der Waals surface area contributed by atoms with Gasteiger partial charge in [-0.3, -0.25) is 14.5 Å². The van der Waals surface area contributed by atoms with E-state index in [2.05, 4.69) is 23.9 Å². The molecule has 3 aromatic rings. The molecule has 2 aromatic heterocycles. The molecule has 3 rings (SSSR count). The van der Waals surface area contributed by atoms with Crippen molar-refractivity contribution in [2.45, 2.75) is 26.5 Å². The zero-order valence-electron chi connectivity index (χ0n) is 16.4. The van der Waals surface area contributed by atoms with Crippen LogP contribution in [0.1, 0.15) is 35.8 Å². The Morgan fingerprint density at radius 2 is 1.86 bits per heavy atom. The first-order chi connectivity index (χ1) is 13.6. The van der Waals surface area contributed by atoms with E-state index < -0.39 is 0 Å². The highest BCUT2D eigenvalue weighted by Gasteiger charge is 2.18. The van der Waals surface area contributed by atoms with Gasteiger partial charge in [0.1, 0.15) is 6.61 Å². The first-order valence-electron chi connectivity index (χ1n) is 8.91. The fourth-order valence-electron chi connectivity index (χ4n) is 3.02. The van der Waals surface area contributed by atoms with Gasteiger partial charge in [-0.05, 0) is 38.1 Å². The Bertz CT molecular complexity index is 966. The number of aldehydes is 1. The Kier molecular flexibility index (Phi) is 5.93. The van der Waals surface area contributed by atoms with Crippen LogP contribution in [0, 0.1) is 0 Å². The number of carbonyl (C=O) groups excluding carboxylic acids is 1. The molecule has 0 saturated heterocycles. The SMILES string of the molecule is COc1c(C=O)ccc(OCc2cccnc2-c2ccnn2C(C)C)c1OC. The minimum absolute atomic E-state index is 0.209. The van der Waals surface area contributed by atoms with Gasteiger partial charge in [-0.2, -0.15) is 5.10 Å². The van der Waals surface area contributed by atoms with Crippen molar-refractivity contribution >= 4 is 6.29 Å². The van der Waals surface area contributed by atoms with E-state index in [4.69, 9.17) is 14.2 Å². The van der Waals surface area contributed by atoms with E-state index in [1.165, 1.54) is 14.2 Å². The molecule has 0 unspecified atom stereocenters. The molecule has 7 nitrogen and oxygen atoms in total. The van der Waals surface area contributed by atoms with Crippen LogP contribution in [0.3, 0.4) is 0 Å². The maximum atomic E-state index is 11.2. The minimum Gasteiger partial charge on any atom is -0.492 e. The third-order valence-corrected chi connectivity index (χ3v) is 4.32. The number of aromatic nitrogens is 3. The molecule has 0 N–H and O–H groups in total. The number of ether oxygens (including phenoxy) is 3. The van der Waals surface area contributed by atoms with Gasteiger partial charge >= 0.3 is 0 Å². The van der Waals surface area contributed by atoms with Crippen molar-refractivity contribution in [3.05, 3.63) is 53.9 Å². The Balaban J connectivity index is 1.93. The third kappa shape index (κ3) is 3.69. The molecule has 0 aliphatic rings. The van der Waals surface area contributed by atoms with E-state index in [0.29, 0.717) is 22.8 Å². The maximum absolute atomic E-state index is 11.2. The fourth-order valence-corrected chi connectivity index (χ4v) is 3.02. The normalized spacial score (nSPS) is 10.8. The highest BCUT2D eigenvalue weighted by atomic mass is 16.5. The second-order valence-corrected chi connectivity index (χ2v) is 6.39. The molecule has 0 atom stereocenters. The van der Waals surface area contributed by atoms with Crippen molar-refractivity contribution in [2.75, 3.05) is 14.2 Å². The van der Waals surface area contributed by atoms with Crippen molar-refractivity contribution in [1.29, 1.82) is 0 Å². The van der Waals surface area contributed by atoms with E-state index in [-0.39, 0.29) is 12.6 Å². The fraction of sp³-hybridized carbons (Fsp3) is 0.286. The molecule has 0 bridgehead atoms. The third-order valence-electron chi connectivity index (χ3n) is 4.32. The summed E-state index contributed by atoms with van der Waals surface area (Å²) < 4.78 is 18.7. The van der Waals surface area contributed by atoms with E-state index in [9.17, 15) is 4.79 Å². The Morgan fingerprint density at radius 1 is 1.07 bits per heavy atom. The highest BCUT2D eigenvalue weighted by Crippen LogP contribution is 2.39. The topological polar surface area (TPSA) is 75.5 Å². The van der Waals surface area contributed by atoms with Gasteiger partial charge in [0.05, 0.1) is 31.2 Å². The van der Waals surface area contributed by atoms with E-state index in [1.54, 1.807) is 24.5 Å². The Hall–Kier alpha value is -3.35. The van der Waals surface area contributed by atoms with Crippen LogP contribution >= 0.6 is 0 Å². The largest absolute Gasteiger partial charge is 0.492 e. The zero-order chi connectivity index (χ0) is 20.1. The first-order valence-corrected chi connectivity index (χ1v) is 8.91. The summed E-state index contributed by atoms with van der Waals surface area (Å²) in [5.41, 5.74) is 3.04. The van der Waals surface area contributed by atoms with Crippen LogP contribution in [-0.2, 0) is 6.61 Å². The lowest BCUT2D eigenvalue weighted by atomic mass is 10.1. The van der Waals surface area contributed by atoms with Gasteiger partial charge in [-0.15, -0.1) is 0 Å². The molecule has 7 heteroatoms. The number of carbonyl (C=O) groups is 1. The summed E-state index contributed by atoms with van der Waals surface area (Å²) in [5, 5.41) is 4.39. The molecule has 28 heavy (non-hydrogen) atoms. The second-order valence-electron chi connectivity index (χ2n) is 6.39. The zero-order valence-corrected chi connectivity index (χ0v) is 16.4. The van der Waals surface area contributed by atoms with Crippen LogP contribution in [0.5, 0.6) is 17.2 Å². The van der Waals surface area contributed by atoms with Crippen LogP contribution in [-0.4, -0.2) is 35.3 Å². The first kappa shape index (κ1) is 19.4. The summed E-state index contributed by atoms with van der Waals surface area (Å²) in [6.45, 7) is 4.41. The summed E-state index contributed by atoms with van der Waals surface area (Å²) in [7, 11) is 3.00. The Labute approximate surface area is 163 Å². The van der Waals surface area contributed by atoms with Gasteiger partial charge in [0.2, 0.25) is 5.75 Å². The standard InChI is InChI=1S/C21H23N3O4/c1-14(2)24-17(9-11-23-24)19-16(6-5-10-22-19)13-28-18-8-7-15(12-25)20(26-3)21(18)27-4/h5-12,14H,13H2,1-4H3. The summed E-state index contributed by atoms with van der Waals surface area (Å²) >= 11 is 0. The van der Waals surface area contributed by atoms with Crippen molar-refractivity contribution in [3.63, 3.8) is 0 Å². The number of nitrogens with zero attached hydrogens (tertiary/aromatic N) is 3. The lowest BCUT2D eigenvalue weighted by Crippen LogP contribution is -2.08. The maximum Gasteiger partial charge on any atom is 0.204 e. The van der Waals surface area contributed by atoms with Gasteiger partial charge < -0.3 is 14.2 Å². The van der Waals surface area contributed by atoms with Crippen LogP contribution in [0.25, 0.3) is 11.4 Å². The monoisotopic (exact) mass is 381 g/mol. The molecule has 1 aromatic carbocycles. The van der Waals surface area contributed by atoms with Crippen LogP contribution < -0.4 is 14.2 Å². The average Bonchev–Trinajstić information content (AvgIpc) is 3.21. The molecule has 0 radical (unpaired) electrons. The van der Waals surface area contributed by atoms with Gasteiger partial charge in [0, 0.05) is 24.0 Å². The number of hydrogen-bond donors (Lipinski definition) is 0. The predicted octanol–water partition coefficient (Wildman–Crippen LogP) is 3.93. The second kappa shape index (κ2) is 8.56. The average molecular weight is 381 g/mol. The van der Waals surface area contributed by atoms with Crippen molar-refractivity contribution < 1.29 is 19.0 Å². The van der Waals surface area contributed by atoms with Crippen LogP contribution in [0.2, 0.25) is 0 Å². The molecule has 0 spiro atoms. The van der Waals surface area contributed by atoms with Gasteiger partial charge in [0.25, 0.3) is 0 Å². The lowest BCUT2D eigenvalue weighted by Gasteiger charge is -2.17. The minimum atomic E-state index is 0.209. The van der Waals surface area contributed by atoms with Crippen molar-refractivity contribution in [3.8, 4) is 28.6 Å². The van der Waals surface area contributed by atoms with Gasteiger partial charge in [0.15, 0.2) is 17.8 Å². The number of hydrogen-bond acceptors (Lipinski definition) is 6. The lowest BCUT2D eigenvalue weighted by molar-refractivity contribution is 0.111. The number of benzene rings is 1.